The van der Waals surface area contributed by atoms with E-state index in [1.54, 1.807) is 19.1 Å². The second kappa shape index (κ2) is 19.9. The fourth-order valence-electron chi connectivity index (χ4n) is 11.2. The Kier molecular flexibility index (Phi) is 14.9. The molecule has 3 aliphatic carbocycles. The topological polar surface area (TPSA) is 169 Å². The lowest BCUT2D eigenvalue weighted by atomic mass is 9.44. The molecular weight excluding hydrogens is 898 g/mol. The molecule has 370 valence electrons. The number of fused-ring (bicyclic) bond motifs is 1. The highest BCUT2D eigenvalue weighted by molar-refractivity contribution is 6.30. The highest BCUT2D eigenvalue weighted by Gasteiger charge is 2.74. The number of nitrogens with zero attached hydrogens (tertiary/aromatic N) is 4. The third-order valence-corrected chi connectivity index (χ3v) is 15.7. The van der Waals surface area contributed by atoms with Gasteiger partial charge in [-0.2, -0.15) is 13.2 Å². The van der Waals surface area contributed by atoms with Gasteiger partial charge in [0, 0.05) is 44.5 Å². The molecule has 6 aliphatic rings. The van der Waals surface area contributed by atoms with Gasteiger partial charge < -0.3 is 35.6 Å². The van der Waals surface area contributed by atoms with E-state index in [0.29, 0.717) is 56.5 Å². The largest absolute Gasteiger partial charge is 0.403 e. The van der Waals surface area contributed by atoms with Crippen LogP contribution in [0.1, 0.15) is 115 Å². The zero-order valence-electron chi connectivity index (χ0n) is 39.2. The van der Waals surface area contributed by atoms with E-state index in [4.69, 9.17) is 11.6 Å². The molecule has 7 rings (SSSR count). The number of rotatable bonds is 11. The normalized spacial score (nSPS) is 28.4. The minimum absolute atomic E-state index is 0.0149. The van der Waals surface area contributed by atoms with E-state index in [1.807, 2.05) is 26.8 Å². The van der Waals surface area contributed by atoms with E-state index >= 15 is 4.39 Å². The predicted molar refractivity (Wildman–Crippen MR) is 240 cm³/mol. The number of hydrogen-bond acceptors (Lipinski definition) is 7. The van der Waals surface area contributed by atoms with Crippen LogP contribution in [0.25, 0.3) is 0 Å². The molecule has 0 unspecified atom stereocenters. The number of carbonyl (C=O) groups excluding carboxylic acids is 7. The number of benzene rings is 1. The molecule has 0 aromatic heterocycles. The maximum atomic E-state index is 15.1. The van der Waals surface area contributed by atoms with Gasteiger partial charge in [-0.15, -0.1) is 0 Å². The van der Waals surface area contributed by atoms with E-state index in [1.165, 1.54) is 21.7 Å². The number of aryl methyl sites for hydroxylation is 1. The van der Waals surface area contributed by atoms with E-state index in [0.717, 1.165) is 22.4 Å². The zero-order valence-corrected chi connectivity index (χ0v) is 39.9. The first-order valence-corrected chi connectivity index (χ1v) is 24.5. The number of alkyl halides is 4. The Bertz CT molecular complexity index is 2090. The monoisotopic (exact) mass is 963 g/mol. The second-order valence-corrected chi connectivity index (χ2v) is 21.0. The molecule has 0 radical (unpaired) electrons. The Morgan fingerprint density at radius 1 is 0.985 bits per heavy atom. The highest BCUT2D eigenvalue weighted by Crippen LogP contribution is 2.69. The van der Waals surface area contributed by atoms with Gasteiger partial charge in [-0.3, -0.25) is 33.6 Å². The van der Waals surface area contributed by atoms with Gasteiger partial charge in [0.15, 0.2) is 0 Å². The van der Waals surface area contributed by atoms with Crippen molar-refractivity contribution in [3.05, 3.63) is 34.3 Å². The van der Waals surface area contributed by atoms with Crippen molar-refractivity contribution in [2.45, 2.75) is 166 Å². The van der Waals surface area contributed by atoms with E-state index in [2.05, 4.69) is 16.0 Å². The summed E-state index contributed by atoms with van der Waals surface area (Å²) in [5.74, 6) is -5.34. The molecule has 6 fully saturated rings. The van der Waals surface area contributed by atoms with Crippen molar-refractivity contribution < 1.29 is 51.1 Å². The van der Waals surface area contributed by atoms with Crippen molar-refractivity contribution in [3.8, 4) is 0 Å². The lowest BCUT2D eigenvalue weighted by Gasteiger charge is -2.60. The zero-order chi connectivity index (χ0) is 48.7. The molecule has 19 heteroatoms. The summed E-state index contributed by atoms with van der Waals surface area (Å²) in [4.78, 5) is 105. The third kappa shape index (κ3) is 10.3. The van der Waals surface area contributed by atoms with Gasteiger partial charge in [0.1, 0.15) is 47.8 Å². The number of nitrogens with one attached hydrogen (secondary N) is 3. The molecule has 7 amide bonds. The molecule has 3 aliphatic heterocycles. The Morgan fingerprint density at radius 3 is 2.27 bits per heavy atom. The first-order chi connectivity index (χ1) is 31.6. The molecule has 14 nitrogen and oxygen atoms in total. The van der Waals surface area contributed by atoms with Gasteiger partial charge in [0.2, 0.25) is 41.4 Å². The summed E-state index contributed by atoms with van der Waals surface area (Å²) in [5, 5.41) is 8.98. The van der Waals surface area contributed by atoms with Gasteiger partial charge >= 0.3 is 6.18 Å². The van der Waals surface area contributed by atoms with Crippen molar-refractivity contribution in [3.63, 3.8) is 0 Å². The van der Waals surface area contributed by atoms with Gasteiger partial charge in [-0.1, -0.05) is 37.9 Å². The lowest BCUT2D eigenvalue weighted by molar-refractivity contribution is -0.285. The van der Waals surface area contributed by atoms with Crippen LogP contribution >= 0.6 is 11.6 Å². The number of likely N-dealkylation sites (tertiary alicyclic amines) is 1. The van der Waals surface area contributed by atoms with Crippen LogP contribution in [0.4, 0.5) is 17.6 Å². The molecule has 1 spiro atoms. The average Bonchev–Trinajstić information content (AvgIpc) is 3.98. The van der Waals surface area contributed by atoms with Crippen molar-refractivity contribution in [2.24, 2.45) is 22.7 Å². The summed E-state index contributed by atoms with van der Waals surface area (Å²) in [5.41, 5.74) is -1.70. The summed E-state index contributed by atoms with van der Waals surface area (Å²) in [7, 11) is 1.49. The minimum Gasteiger partial charge on any atom is -0.354 e. The van der Waals surface area contributed by atoms with Crippen LogP contribution in [0.15, 0.2) is 18.2 Å². The smallest absolute Gasteiger partial charge is 0.354 e. The first kappa shape index (κ1) is 50.4. The molecule has 3 N–H and O–H groups in total. The molecule has 67 heavy (non-hydrogen) atoms. The second-order valence-electron chi connectivity index (χ2n) is 20.6. The molecule has 1 aromatic rings. The molecule has 1 aromatic carbocycles. The van der Waals surface area contributed by atoms with Gasteiger partial charge in [-0.25, -0.2) is 4.39 Å². The highest BCUT2D eigenvalue weighted by atomic mass is 35.5. The van der Waals surface area contributed by atoms with Crippen molar-refractivity contribution in [1.82, 2.24) is 35.6 Å². The summed E-state index contributed by atoms with van der Waals surface area (Å²) in [6.07, 6.45) is -3.43. The average molecular weight is 965 g/mol. The number of carbonyl (C=O) groups is 7. The van der Waals surface area contributed by atoms with Crippen LogP contribution in [0.3, 0.4) is 0 Å². The first-order valence-electron chi connectivity index (χ1n) is 24.1. The Hall–Kier alpha value is -4.48. The summed E-state index contributed by atoms with van der Waals surface area (Å²) in [6, 6.07) is -1.65. The van der Waals surface area contributed by atoms with Crippen molar-refractivity contribution >= 4 is 53.0 Å². The fourth-order valence-corrected chi connectivity index (χ4v) is 11.4. The molecule has 3 saturated heterocycles. The molecular formula is C48H66ClF4N7O7. The van der Waals surface area contributed by atoms with E-state index in [-0.39, 0.29) is 50.1 Å². The van der Waals surface area contributed by atoms with Gasteiger partial charge in [0.25, 0.3) is 0 Å². The van der Waals surface area contributed by atoms with E-state index < -0.39 is 121 Å². The van der Waals surface area contributed by atoms with Crippen LogP contribution in [-0.2, 0) is 40.0 Å². The van der Waals surface area contributed by atoms with Crippen LogP contribution < -0.4 is 16.0 Å². The van der Waals surface area contributed by atoms with Gasteiger partial charge in [-0.05, 0) is 125 Å². The summed E-state index contributed by atoms with van der Waals surface area (Å²) < 4.78 is 59.2. The van der Waals surface area contributed by atoms with Crippen LogP contribution in [0.5, 0.6) is 0 Å². The minimum atomic E-state index is -4.90. The molecule has 3 saturated carbocycles. The standard InChI is InChI=1S/C48H66ClF4N7O7/c1-6-58(44(66)38(29-12-13-29)56-41(63)36-23-32(50)24-60(36)45(67)47(48(51,52)53)25-46(26-47)16-9-17-46)34-10-7-8-18-54-39(61)35-15-19-59(35)43(65)37(22-30-21-31(49)14-11-28(30)4)57(5)42(64)33(20-27(2)3)55-40(34)62/h11,14,21,27,29,32-38H,6-10,12-13,15-20,22-26H2,1-5H3,(H,54,61)(H,55,62)(H,56,63)/t32-,33+,34+,35-,36+,37+,38+/m1/s1. The number of likely N-dealkylation sites (N-methyl/N-ethyl adjacent to an activating group) is 2. The molecule has 3 heterocycles. The van der Waals surface area contributed by atoms with Crippen molar-refractivity contribution in [1.29, 1.82) is 0 Å². The Morgan fingerprint density at radius 2 is 1.69 bits per heavy atom. The van der Waals surface area contributed by atoms with Crippen LogP contribution in [-0.4, -0.2) is 143 Å². The quantitative estimate of drug-likeness (QED) is 0.262. The maximum absolute atomic E-state index is 15.1. The van der Waals surface area contributed by atoms with Gasteiger partial charge in [0.05, 0.1) is 6.54 Å². The van der Waals surface area contributed by atoms with Crippen molar-refractivity contribution in [2.75, 3.05) is 33.2 Å². The lowest BCUT2D eigenvalue weighted by Crippen LogP contribution is -2.66. The number of halogens is 5. The molecule has 7 atom stereocenters. The molecule has 0 bridgehead atoms. The predicted octanol–water partition coefficient (Wildman–Crippen LogP) is 5.01. The number of amides is 7. The fraction of sp³-hybridized carbons (Fsp3) is 0.729. The maximum Gasteiger partial charge on any atom is 0.403 e. The van der Waals surface area contributed by atoms with Crippen LogP contribution in [0, 0.1) is 29.6 Å². The Labute approximate surface area is 395 Å². The summed E-state index contributed by atoms with van der Waals surface area (Å²) in [6.45, 7) is 7.14. The summed E-state index contributed by atoms with van der Waals surface area (Å²) >= 11 is 6.38. The van der Waals surface area contributed by atoms with Crippen LogP contribution in [0.2, 0.25) is 5.02 Å². The third-order valence-electron chi connectivity index (χ3n) is 15.4. The number of hydrogen-bond donors (Lipinski definition) is 3. The van der Waals surface area contributed by atoms with E-state index in [9.17, 15) is 46.7 Å². The SMILES string of the molecule is CCN(C(=O)[C@@H](NC(=O)[C@@H]1C[C@@H](F)CN1C(=O)C1(C(F)(F)F)CC2(CCC2)C1)C1CC1)[C@H]1CCCCNC(=O)[C@H]2CCN2C(=O)[C@H](Cc2cc(Cl)ccc2C)N(C)C(=O)[C@H](CC(C)C)NC1=O. The Balaban J connectivity index is 1.13.